The summed E-state index contributed by atoms with van der Waals surface area (Å²) in [6.07, 6.45) is 4.53. The molecule has 0 saturated heterocycles. The minimum Gasteiger partial charge on any atom is -0.497 e. The highest BCUT2D eigenvalue weighted by atomic mass is 16.5. The lowest BCUT2D eigenvalue weighted by molar-refractivity contribution is 0.413. The van der Waals surface area contributed by atoms with E-state index in [9.17, 15) is 0 Å². The highest BCUT2D eigenvalue weighted by Gasteiger charge is 2.28. The van der Waals surface area contributed by atoms with Crippen molar-refractivity contribution in [3.05, 3.63) is 41.2 Å². The van der Waals surface area contributed by atoms with Gasteiger partial charge in [0.2, 0.25) is 0 Å². The fourth-order valence-electron chi connectivity index (χ4n) is 3.42. The van der Waals surface area contributed by atoms with Crippen molar-refractivity contribution in [2.24, 2.45) is 0 Å². The Morgan fingerprint density at radius 2 is 2.08 bits per heavy atom. The van der Waals surface area contributed by atoms with E-state index in [1.54, 1.807) is 7.11 Å². The van der Waals surface area contributed by atoms with Gasteiger partial charge in [0.25, 0.3) is 0 Å². The fourth-order valence-corrected chi connectivity index (χ4v) is 3.42. The number of aromatic nitrogens is 2. The third kappa shape index (κ3) is 3.62. The zero-order valence-electron chi connectivity index (χ0n) is 16.0. The highest BCUT2D eigenvalue weighted by Crippen LogP contribution is 2.39. The first-order chi connectivity index (χ1) is 12.7. The molecule has 1 atom stereocenters. The van der Waals surface area contributed by atoms with Gasteiger partial charge >= 0.3 is 0 Å². The van der Waals surface area contributed by atoms with Gasteiger partial charge in [-0.2, -0.15) is 0 Å². The van der Waals surface area contributed by atoms with Gasteiger partial charge in [0, 0.05) is 31.1 Å². The molecule has 0 bridgehead atoms. The number of hydrogen-bond donors (Lipinski definition) is 1. The standard InChI is InChI=1S/C21H28N4O/c1-4-14(2)22-19-12-20(24-21(23-19)15-5-6-15)25-10-9-16-11-18(26-3)8-7-17(16)13-25/h7-8,11-12,14-15H,4-6,9-10,13H2,1-3H3,(H,22,23,24)/t14-/m0/s1. The third-order valence-electron chi connectivity index (χ3n) is 5.43. The monoisotopic (exact) mass is 352 g/mol. The molecule has 1 fully saturated rings. The largest absolute Gasteiger partial charge is 0.497 e. The molecule has 1 aromatic carbocycles. The lowest BCUT2D eigenvalue weighted by Crippen LogP contribution is -2.31. The molecule has 5 heteroatoms. The zero-order chi connectivity index (χ0) is 18.1. The molecule has 2 heterocycles. The summed E-state index contributed by atoms with van der Waals surface area (Å²) < 4.78 is 5.36. The van der Waals surface area contributed by atoms with Gasteiger partial charge < -0.3 is 15.0 Å². The molecule has 1 N–H and O–H groups in total. The summed E-state index contributed by atoms with van der Waals surface area (Å²) in [5.74, 6) is 4.51. The number of nitrogens with zero attached hydrogens (tertiary/aromatic N) is 3. The van der Waals surface area contributed by atoms with Gasteiger partial charge in [-0.15, -0.1) is 0 Å². The van der Waals surface area contributed by atoms with Crippen LogP contribution in [0.15, 0.2) is 24.3 Å². The van der Waals surface area contributed by atoms with Crippen LogP contribution < -0.4 is 15.0 Å². The molecule has 1 saturated carbocycles. The maximum absolute atomic E-state index is 5.36. The van der Waals surface area contributed by atoms with Crippen molar-refractivity contribution < 1.29 is 4.74 Å². The van der Waals surface area contributed by atoms with E-state index in [0.29, 0.717) is 12.0 Å². The van der Waals surface area contributed by atoms with Gasteiger partial charge in [-0.3, -0.25) is 0 Å². The molecule has 138 valence electrons. The predicted molar refractivity (Wildman–Crippen MR) is 105 cm³/mol. The molecule has 1 aliphatic carbocycles. The second-order valence-corrected chi connectivity index (χ2v) is 7.50. The van der Waals surface area contributed by atoms with Crippen LogP contribution in [0, 0.1) is 0 Å². The molecular formula is C21H28N4O. The summed E-state index contributed by atoms with van der Waals surface area (Å²) in [6.45, 7) is 6.26. The molecule has 5 nitrogen and oxygen atoms in total. The van der Waals surface area contributed by atoms with Crippen molar-refractivity contribution >= 4 is 11.6 Å². The van der Waals surface area contributed by atoms with Gasteiger partial charge in [-0.1, -0.05) is 13.0 Å². The molecule has 2 aliphatic rings. The SMILES string of the molecule is CC[C@H](C)Nc1cc(N2CCc3cc(OC)ccc3C2)nc(C2CC2)n1. The Morgan fingerprint density at radius 3 is 2.81 bits per heavy atom. The normalized spacial score (nSPS) is 17.6. The van der Waals surface area contributed by atoms with Crippen LogP contribution in [0.25, 0.3) is 0 Å². The number of methoxy groups -OCH3 is 1. The maximum Gasteiger partial charge on any atom is 0.136 e. The minimum absolute atomic E-state index is 0.416. The molecule has 2 aromatic rings. The summed E-state index contributed by atoms with van der Waals surface area (Å²) in [6, 6.07) is 8.93. The van der Waals surface area contributed by atoms with Crippen LogP contribution in [-0.4, -0.2) is 29.7 Å². The number of fused-ring (bicyclic) bond motifs is 1. The minimum atomic E-state index is 0.416. The lowest BCUT2D eigenvalue weighted by Gasteiger charge is -2.30. The second-order valence-electron chi connectivity index (χ2n) is 7.50. The van der Waals surface area contributed by atoms with E-state index in [-0.39, 0.29) is 0 Å². The first-order valence-corrected chi connectivity index (χ1v) is 9.72. The van der Waals surface area contributed by atoms with E-state index < -0.39 is 0 Å². The van der Waals surface area contributed by atoms with Crippen molar-refractivity contribution in [2.75, 3.05) is 23.9 Å². The predicted octanol–water partition coefficient (Wildman–Crippen LogP) is 4.14. The molecule has 0 unspecified atom stereocenters. The average molecular weight is 352 g/mol. The van der Waals surface area contributed by atoms with Crippen molar-refractivity contribution in [3.63, 3.8) is 0 Å². The molecule has 1 aromatic heterocycles. The topological polar surface area (TPSA) is 50.3 Å². The van der Waals surface area contributed by atoms with Gasteiger partial charge in [0.05, 0.1) is 7.11 Å². The first kappa shape index (κ1) is 17.1. The van der Waals surface area contributed by atoms with E-state index >= 15 is 0 Å². The lowest BCUT2D eigenvalue weighted by atomic mass is 9.99. The summed E-state index contributed by atoms with van der Waals surface area (Å²) in [4.78, 5) is 12.1. The summed E-state index contributed by atoms with van der Waals surface area (Å²) in [7, 11) is 1.73. The quantitative estimate of drug-likeness (QED) is 0.847. The number of ether oxygens (including phenoxy) is 1. The van der Waals surface area contributed by atoms with Crippen LogP contribution in [0.5, 0.6) is 5.75 Å². The van der Waals surface area contributed by atoms with E-state index in [0.717, 1.165) is 49.1 Å². The Bertz CT molecular complexity index is 788. The van der Waals surface area contributed by atoms with Crippen LogP contribution in [0.2, 0.25) is 0 Å². The Hall–Kier alpha value is -2.30. The van der Waals surface area contributed by atoms with Gasteiger partial charge in [-0.05, 0) is 55.9 Å². The van der Waals surface area contributed by atoms with Crippen LogP contribution in [0.4, 0.5) is 11.6 Å². The molecule has 0 spiro atoms. The van der Waals surface area contributed by atoms with Crippen LogP contribution in [0.3, 0.4) is 0 Å². The Morgan fingerprint density at radius 1 is 1.23 bits per heavy atom. The van der Waals surface area contributed by atoms with E-state index in [4.69, 9.17) is 14.7 Å². The van der Waals surface area contributed by atoms with Gasteiger partial charge in [0.1, 0.15) is 23.2 Å². The van der Waals surface area contributed by atoms with E-state index in [2.05, 4.69) is 42.3 Å². The Balaban J connectivity index is 1.60. The summed E-state index contributed by atoms with van der Waals surface area (Å²) >= 11 is 0. The summed E-state index contributed by atoms with van der Waals surface area (Å²) in [5.41, 5.74) is 2.75. The summed E-state index contributed by atoms with van der Waals surface area (Å²) in [5, 5.41) is 3.53. The third-order valence-corrected chi connectivity index (χ3v) is 5.43. The highest BCUT2D eigenvalue weighted by molar-refractivity contribution is 5.53. The second kappa shape index (κ2) is 7.14. The van der Waals surface area contributed by atoms with Crippen LogP contribution in [-0.2, 0) is 13.0 Å². The van der Waals surface area contributed by atoms with Crippen molar-refractivity contribution in [3.8, 4) is 5.75 Å². The van der Waals surface area contributed by atoms with Gasteiger partial charge in [0.15, 0.2) is 0 Å². The molecular weight excluding hydrogens is 324 g/mol. The number of rotatable bonds is 6. The van der Waals surface area contributed by atoms with E-state index in [1.807, 2.05) is 6.07 Å². The zero-order valence-corrected chi connectivity index (χ0v) is 16.0. The molecule has 26 heavy (non-hydrogen) atoms. The number of benzene rings is 1. The number of anilines is 2. The Labute approximate surface area is 155 Å². The fraction of sp³-hybridized carbons (Fsp3) is 0.524. The molecule has 4 rings (SSSR count). The Kier molecular flexibility index (Phi) is 4.70. The molecule has 0 amide bonds. The molecule has 1 aliphatic heterocycles. The number of nitrogens with one attached hydrogen (secondary N) is 1. The van der Waals surface area contributed by atoms with Crippen LogP contribution in [0.1, 0.15) is 56.0 Å². The van der Waals surface area contributed by atoms with Gasteiger partial charge in [-0.25, -0.2) is 9.97 Å². The average Bonchev–Trinajstić information content (AvgIpc) is 3.52. The van der Waals surface area contributed by atoms with Crippen molar-refractivity contribution in [2.45, 2.75) is 58.0 Å². The smallest absolute Gasteiger partial charge is 0.136 e. The first-order valence-electron chi connectivity index (χ1n) is 9.72. The molecule has 0 radical (unpaired) electrons. The van der Waals surface area contributed by atoms with E-state index in [1.165, 1.54) is 24.0 Å². The maximum atomic E-state index is 5.36. The number of hydrogen-bond acceptors (Lipinski definition) is 5. The van der Waals surface area contributed by atoms with Crippen molar-refractivity contribution in [1.82, 2.24) is 9.97 Å². The van der Waals surface area contributed by atoms with Crippen molar-refractivity contribution in [1.29, 1.82) is 0 Å². The van der Waals surface area contributed by atoms with Crippen LogP contribution >= 0.6 is 0 Å².